The number of piperidine rings is 1. The molecule has 0 bridgehead atoms. The van der Waals surface area contributed by atoms with Crippen molar-refractivity contribution >= 4 is 28.2 Å². The van der Waals surface area contributed by atoms with Crippen molar-refractivity contribution in [2.75, 3.05) is 38.2 Å². The summed E-state index contributed by atoms with van der Waals surface area (Å²) in [4.78, 5) is 9.12. The molecular formula is C17H22ClN3O. The summed E-state index contributed by atoms with van der Waals surface area (Å²) in [6, 6.07) is 8.56. The molecule has 0 radical (unpaired) electrons. The smallest absolute Gasteiger partial charge is 0.0737 e. The molecule has 22 heavy (non-hydrogen) atoms. The van der Waals surface area contributed by atoms with E-state index in [1.165, 1.54) is 5.69 Å². The molecule has 2 aromatic rings. The number of hydrogen-bond donors (Lipinski definition) is 1. The van der Waals surface area contributed by atoms with Gasteiger partial charge < -0.3 is 14.9 Å². The lowest BCUT2D eigenvalue weighted by Crippen LogP contribution is -2.44. The van der Waals surface area contributed by atoms with Gasteiger partial charge in [-0.2, -0.15) is 0 Å². The second-order valence-electron chi connectivity index (χ2n) is 5.91. The maximum absolute atomic E-state index is 9.07. The van der Waals surface area contributed by atoms with Gasteiger partial charge in [-0.05, 0) is 44.2 Å². The Hall–Kier alpha value is -1.36. The van der Waals surface area contributed by atoms with Crippen molar-refractivity contribution in [3.63, 3.8) is 0 Å². The van der Waals surface area contributed by atoms with Gasteiger partial charge in [-0.25, -0.2) is 0 Å². The van der Waals surface area contributed by atoms with Gasteiger partial charge in [0, 0.05) is 48.0 Å². The van der Waals surface area contributed by atoms with E-state index in [9.17, 15) is 0 Å². The maximum atomic E-state index is 9.07. The molecule has 5 heteroatoms. The number of hydrogen-bond acceptors (Lipinski definition) is 4. The van der Waals surface area contributed by atoms with Gasteiger partial charge in [0.05, 0.1) is 12.1 Å². The Kier molecular flexibility index (Phi) is 4.81. The SMILES string of the molecule is CN(CCO)C1CCN(c2ccnc3cc(Cl)ccc23)CC1. The fourth-order valence-electron chi connectivity index (χ4n) is 3.27. The normalized spacial score (nSPS) is 16.6. The Bertz CT molecular complexity index is 641. The molecule has 1 N–H and O–H groups in total. The van der Waals surface area contributed by atoms with E-state index in [0.29, 0.717) is 6.04 Å². The lowest BCUT2D eigenvalue weighted by molar-refractivity contribution is 0.162. The molecule has 3 rings (SSSR count). The number of benzene rings is 1. The van der Waals surface area contributed by atoms with Gasteiger partial charge in [0.1, 0.15) is 0 Å². The van der Waals surface area contributed by atoms with Crippen LogP contribution in [0.3, 0.4) is 0 Å². The highest BCUT2D eigenvalue weighted by atomic mass is 35.5. The van der Waals surface area contributed by atoms with Gasteiger partial charge in [-0.3, -0.25) is 4.98 Å². The van der Waals surface area contributed by atoms with Gasteiger partial charge >= 0.3 is 0 Å². The van der Waals surface area contributed by atoms with E-state index in [4.69, 9.17) is 16.7 Å². The molecule has 0 saturated carbocycles. The molecule has 1 aromatic carbocycles. The standard InChI is InChI=1S/C17H22ClN3O/c1-20(10-11-22)14-5-8-21(9-6-14)17-4-7-19-16-12-13(18)2-3-15(16)17/h2-4,7,12,14,22H,5-6,8-11H2,1H3. The van der Waals surface area contributed by atoms with Crippen molar-refractivity contribution in [2.24, 2.45) is 0 Å². The predicted octanol–water partition coefficient (Wildman–Crippen LogP) is 2.78. The summed E-state index contributed by atoms with van der Waals surface area (Å²) in [6.45, 7) is 3.04. The molecule has 0 amide bonds. The van der Waals surface area contributed by atoms with Crippen LogP contribution in [0.15, 0.2) is 30.5 Å². The average molecular weight is 320 g/mol. The molecule has 0 unspecified atom stereocenters. The molecule has 1 aromatic heterocycles. The Morgan fingerprint density at radius 1 is 1.32 bits per heavy atom. The molecule has 4 nitrogen and oxygen atoms in total. The quantitative estimate of drug-likeness (QED) is 0.940. The van der Waals surface area contributed by atoms with Crippen LogP contribution in [0.1, 0.15) is 12.8 Å². The van der Waals surface area contributed by atoms with Crippen molar-refractivity contribution in [1.82, 2.24) is 9.88 Å². The molecule has 1 aliphatic rings. The minimum Gasteiger partial charge on any atom is -0.395 e. The number of aliphatic hydroxyl groups is 1. The molecule has 1 saturated heterocycles. The number of rotatable bonds is 4. The van der Waals surface area contributed by atoms with Crippen LogP contribution in [0.4, 0.5) is 5.69 Å². The number of anilines is 1. The van der Waals surface area contributed by atoms with E-state index in [1.54, 1.807) is 0 Å². The molecule has 1 aliphatic heterocycles. The van der Waals surface area contributed by atoms with E-state index in [0.717, 1.165) is 48.4 Å². The third-order valence-electron chi connectivity index (χ3n) is 4.56. The highest BCUT2D eigenvalue weighted by molar-refractivity contribution is 6.31. The number of aromatic nitrogens is 1. The minimum absolute atomic E-state index is 0.229. The fraction of sp³-hybridized carbons (Fsp3) is 0.471. The van der Waals surface area contributed by atoms with Crippen molar-refractivity contribution in [2.45, 2.75) is 18.9 Å². The zero-order chi connectivity index (χ0) is 15.5. The Morgan fingerprint density at radius 3 is 2.82 bits per heavy atom. The van der Waals surface area contributed by atoms with E-state index in [1.807, 2.05) is 18.3 Å². The van der Waals surface area contributed by atoms with Crippen molar-refractivity contribution in [3.05, 3.63) is 35.5 Å². The third kappa shape index (κ3) is 3.19. The summed E-state index contributed by atoms with van der Waals surface area (Å²) in [5.74, 6) is 0. The van der Waals surface area contributed by atoms with Crippen LogP contribution in [0.2, 0.25) is 5.02 Å². The molecule has 1 fully saturated rings. The van der Waals surface area contributed by atoms with Crippen LogP contribution in [-0.4, -0.2) is 54.3 Å². The van der Waals surface area contributed by atoms with Gasteiger partial charge in [0.2, 0.25) is 0 Å². The average Bonchev–Trinajstić information content (AvgIpc) is 2.54. The summed E-state index contributed by atoms with van der Waals surface area (Å²) in [5, 5.41) is 11.0. The van der Waals surface area contributed by atoms with Crippen molar-refractivity contribution in [3.8, 4) is 0 Å². The van der Waals surface area contributed by atoms with E-state index in [2.05, 4.69) is 34.0 Å². The summed E-state index contributed by atoms with van der Waals surface area (Å²) >= 11 is 6.06. The molecule has 0 spiro atoms. The van der Waals surface area contributed by atoms with Crippen LogP contribution in [0.25, 0.3) is 10.9 Å². The lowest BCUT2D eigenvalue weighted by atomic mass is 10.0. The number of halogens is 1. The first kappa shape index (κ1) is 15.5. The highest BCUT2D eigenvalue weighted by Gasteiger charge is 2.23. The lowest BCUT2D eigenvalue weighted by Gasteiger charge is -2.38. The number of fused-ring (bicyclic) bond motifs is 1. The van der Waals surface area contributed by atoms with E-state index in [-0.39, 0.29) is 6.61 Å². The Morgan fingerprint density at radius 2 is 2.09 bits per heavy atom. The fourth-order valence-corrected chi connectivity index (χ4v) is 3.44. The van der Waals surface area contributed by atoms with Crippen molar-refractivity contribution < 1.29 is 5.11 Å². The van der Waals surface area contributed by atoms with Gasteiger partial charge in [0.15, 0.2) is 0 Å². The summed E-state index contributed by atoms with van der Waals surface area (Å²) in [5.41, 5.74) is 2.19. The van der Waals surface area contributed by atoms with Crippen LogP contribution < -0.4 is 4.90 Å². The topological polar surface area (TPSA) is 39.6 Å². The van der Waals surface area contributed by atoms with Crippen LogP contribution in [0.5, 0.6) is 0 Å². The molecular weight excluding hydrogens is 298 g/mol. The van der Waals surface area contributed by atoms with E-state index >= 15 is 0 Å². The van der Waals surface area contributed by atoms with Gasteiger partial charge in [0.25, 0.3) is 0 Å². The summed E-state index contributed by atoms with van der Waals surface area (Å²) in [7, 11) is 2.10. The minimum atomic E-state index is 0.229. The number of nitrogens with zero attached hydrogens (tertiary/aromatic N) is 3. The Labute approximate surface area is 136 Å². The van der Waals surface area contributed by atoms with Crippen LogP contribution in [0, 0.1) is 0 Å². The van der Waals surface area contributed by atoms with Crippen LogP contribution >= 0.6 is 11.6 Å². The van der Waals surface area contributed by atoms with Gasteiger partial charge in [-0.1, -0.05) is 11.6 Å². The second kappa shape index (κ2) is 6.82. The zero-order valence-electron chi connectivity index (χ0n) is 12.9. The molecule has 118 valence electrons. The molecule has 0 aliphatic carbocycles. The van der Waals surface area contributed by atoms with E-state index < -0.39 is 0 Å². The zero-order valence-corrected chi connectivity index (χ0v) is 13.6. The number of pyridine rings is 1. The van der Waals surface area contributed by atoms with Crippen LogP contribution in [-0.2, 0) is 0 Å². The number of aliphatic hydroxyl groups excluding tert-OH is 1. The maximum Gasteiger partial charge on any atom is 0.0737 e. The monoisotopic (exact) mass is 319 g/mol. The summed E-state index contributed by atoms with van der Waals surface area (Å²) < 4.78 is 0. The first-order valence-electron chi connectivity index (χ1n) is 7.79. The molecule has 2 heterocycles. The third-order valence-corrected chi connectivity index (χ3v) is 4.80. The Balaban J connectivity index is 1.76. The first-order valence-corrected chi connectivity index (χ1v) is 8.17. The number of likely N-dealkylation sites (N-methyl/N-ethyl adjacent to an activating group) is 1. The second-order valence-corrected chi connectivity index (χ2v) is 6.35. The highest BCUT2D eigenvalue weighted by Crippen LogP contribution is 2.30. The van der Waals surface area contributed by atoms with Crippen molar-refractivity contribution in [1.29, 1.82) is 0 Å². The predicted molar refractivity (Wildman–Crippen MR) is 91.7 cm³/mol. The van der Waals surface area contributed by atoms with Gasteiger partial charge in [-0.15, -0.1) is 0 Å². The molecule has 0 atom stereocenters. The largest absolute Gasteiger partial charge is 0.395 e. The first-order chi connectivity index (χ1) is 10.7. The summed E-state index contributed by atoms with van der Waals surface area (Å²) in [6.07, 6.45) is 4.10.